The van der Waals surface area contributed by atoms with E-state index in [0.717, 1.165) is 5.69 Å². The van der Waals surface area contributed by atoms with E-state index in [0.29, 0.717) is 11.5 Å². The van der Waals surface area contributed by atoms with Crippen LogP contribution in [-0.4, -0.2) is 17.9 Å². The standard InChI is InChI=1S/C15H19N3OS/c1-10(2)14(13-5-4-8-20-13)18-15(19)11-6-7-17-9-12(11)16-3/h4-10,14,16H,1-3H3,(H,18,19). The molecule has 0 aliphatic heterocycles. The van der Waals surface area contributed by atoms with Crippen molar-refractivity contribution in [3.8, 4) is 0 Å². The molecule has 2 aromatic rings. The van der Waals surface area contributed by atoms with Crippen molar-refractivity contribution in [2.75, 3.05) is 12.4 Å². The largest absolute Gasteiger partial charge is 0.386 e. The van der Waals surface area contributed by atoms with Gasteiger partial charge in [-0.15, -0.1) is 11.3 Å². The zero-order valence-corrected chi connectivity index (χ0v) is 12.7. The molecule has 0 aliphatic rings. The molecule has 1 unspecified atom stereocenters. The number of amides is 1. The molecule has 4 nitrogen and oxygen atoms in total. The number of hydrogen-bond acceptors (Lipinski definition) is 4. The Morgan fingerprint density at radius 2 is 2.15 bits per heavy atom. The van der Waals surface area contributed by atoms with Crippen LogP contribution in [-0.2, 0) is 0 Å². The summed E-state index contributed by atoms with van der Waals surface area (Å²) in [5.41, 5.74) is 1.35. The molecular formula is C15H19N3OS. The van der Waals surface area contributed by atoms with E-state index in [-0.39, 0.29) is 11.9 Å². The van der Waals surface area contributed by atoms with Crippen molar-refractivity contribution in [3.05, 3.63) is 46.4 Å². The first-order chi connectivity index (χ1) is 9.63. The molecule has 0 saturated carbocycles. The molecule has 0 radical (unpaired) electrons. The molecule has 0 saturated heterocycles. The smallest absolute Gasteiger partial charge is 0.254 e. The monoisotopic (exact) mass is 289 g/mol. The number of pyridine rings is 1. The highest BCUT2D eigenvalue weighted by atomic mass is 32.1. The molecule has 0 fully saturated rings. The molecule has 0 bridgehead atoms. The van der Waals surface area contributed by atoms with Gasteiger partial charge in [-0.2, -0.15) is 0 Å². The SMILES string of the molecule is CNc1cnccc1C(=O)NC(c1cccs1)C(C)C. The van der Waals surface area contributed by atoms with E-state index in [1.54, 1.807) is 36.8 Å². The van der Waals surface area contributed by atoms with E-state index < -0.39 is 0 Å². The van der Waals surface area contributed by atoms with Gasteiger partial charge in [-0.25, -0.2) is 0 Å². The maximum Gasteiger partial charge on any atom is 0.254 e. The molecule has 5 heteroatoms. The van der Waals surface area contributed by atoms with Crippen LogP contribution >= 0.6 is 11.3 Å². The minimum absolute atomic E-state index is 0.0281. The summed E-state index contributed by atoms with van der Waals surface area (Å²) >= 11 is 1.66. The predicted octanol–water partition coefficient (Wildman–Crippen LogP) is 3.31. The number of carbonyl (C=O) groups excluding carboxylic acids is 1. The van der Waals surface area contributed by atoms with Crippen molar-refractivity contribution in [1.82, 2.24) is 10.3 Å². The molecular weight excluding hydrogens is 270 g/mol. The number of nitrogens with zero attached hydrogens (tertiary/aromatic N) is 1. The highest BCUT2D eigenvalue weighted by molar-refractivity contribution is 7.10. The zero-order valence-electron chi connectivity index (χ0n) is 11.9. The first-order valence-electron chi connectivity index (χ1n) is 6.59. The number of nitrogens with one attached hydrogen (secondary N) is 2. The lowest BCUT2D eigenvalue weighted by Crippen LogP contribution is -2.31. The first-order valence-corrected chi connectivity index (χ1v) is 7.47. The molecule has 0 aromatic carbocycles. The van der Waals surface area contributed by atoms with Crippen molar-refractivity contribution < 1.29 is 4.79 Å². The van der Waals surface area contributed by atoms with Crippen LogP contribution in [0, 0.1) is 5.92 Å². The molecule has 0 aliphatic carbocycles. The molecule has 20 heavy (non-hydrogen) atoms. The number of aromatic nitrogens is 1. The molecule has 2 rings (SSSR count). The van der Waals surface area contributed by atoms with Gasteiger partial charge in [-0.1, -0.05) is 19.9 Å². The maximum absolute atomic E-state index is 12.5. The molecule has 0 spiro atoms. The summed E-state index contributed by atoms with van der Waals surface area (Å²) in [6.07, 6.45) is 3.29. The highest BCUT2D eigenvalue weighted by Gasteiger charge is 2.21. The van der Waals surface area contributed by atoms with Gasteiger partial charge in [0.2, 0.25) is 0 Å². The topological polar surface area (TPSA) is 54.0 Å². The number of carbonyl (C=O) groups is 1. The molecule has 2 N–H and O–H groups in total. The van der Waals surface area contributed by atoms with Crippen LogP contribution in [0.1, 0.15) is 35.1 Å². The summed E-state index contributed by atoms with van der Waals surface area (Å²) in [6, 6.07) is 5.82. The Morgan fingerprint density at radius 1 is 1.35 bits per heavy atom. The fourth-order valence-electron chi connectivity index (χ4n) is 2.05. The van der Waals surface area contributed by atoms with E-state index in [1.165, 1.54) is 4.88 Å². The zero-order chi connectivity index (χ0) is 14.5. The summed E-state index contributed by atoms with van der Waals surface area (Å²) < 4.78 is 0. The van der Waals surface area contributed by atoms with Crippen molar-refractivity contribution in [1.29, 1.82) is 0 Å². The van der Waals surface area contributed by atoms with Crippen molar-refractivity contribution in [2.45, 2.75) is 19.9 Å². The Balaban J connectivity index is 2.21. The Hall–Kier alpha value is -1.88. The Morgan fingerprint density at radius 3 is 2.75 bits per heavy atom. The van der Waals surface area contributed by atoms with E-state index in [9.17, 15) is 4.79 Å². The van der Waals surface area contributed by atoms with E-state index in [4.69, 9.17) is 0 Å². The van der Waals surface area contributed by atoms with Crippen LogP contribution in [0.25, 0.3) is 0 Å². The average molecular weight is 289 g/mol. The van der Waals surface area contributed by atoms with Crippen LogP contribution in [0.3, 0.4) is 0 Å². The third-order valence-corrected chi connectivity index (χ3v) is 4.09. The normalized spacial score (nSPS) is 12.2. The third-order valence-electron chi connectivity index (χ3n) is 3.14. The Labute approximate surface area is 123 Å². The summed E-state index contributed by atoms with van der Waals surface area (Å²) in [5.74, 6) is 0.251. The summed E-state index contributed by atoms with van der Waals surface area (Å²) in [7, 11) is 1.78. The van der Waals surface area contributed by atoms with Gasteiger partial charge in [0.25, 0.3) is 5.91 Å². The van der Waals surface area contributed by atoms with Crippen LogP contribution in [0.5, 0.6) is 0 Å². The Kier molecular flexibility index (Phi) is 4.74. The third kappa shape index (κ3) is 3.17. The molecule has 106 valence electrons. The number of thiophene rings is 1. The fourth-order valence-corrected chi connectivity index (χ4v) is 2.99. The van der Waals surface area contributed by atoms with Gasteiger partial charge >= 0.3 is 0 Å². The van der Waals surface area contributed by atoms with Crippen molar-refractivity contribution in [3.63, 3.8) is 0 Å². The minimum Gasteiger partial charge on any atom is -0.386 e. The average Bonchev–Trinajstić information content (AvgIpc) is 2.97. The Bertz CT molecular complexity index is 566. The summed E-state index contributed by atoms with van der Waals surface area (Å²) in [4.78, 5) is 17.7. The first kappa shape index (κ1) is 14.5. The minimum atomic E-state index is -0.0798. The lowest BCUT2D eigenvalue weighted by molar-refractivity contribution is 0.0927. The van der Waals surface area contributed by atoms with Gasteiger partial charge < -0.3 is 10.6 Å². The second-order valence-corrected chi connectivity index (χ2v) is 5.86. The molecule has 1 atom stereocenters. The van der Waals surface area contributed by atoms with Gasteiger partial charge in [-0.05, 0) is 23.4 Å². The second-order valence-electron chi connectivity index (χ2n) is 4.88. The number of rotatable bonds is 5. The van der Waals surface area contributed by atoms with Crippen LogP contribution in [0.2, 0.25) is 0 Å². The van der Waals surface area contributed by atoms with Gasteiger partial charge in [0, 0.05) is 18.1 Å². The summed E-state index contributed by atoms with van der Waals surface area (Å²) in [6.45, 7) is 4.21. The van der Waals surface area contributed by atoms with Gasteiger partial charge in [-0.3, -0.25) is 9.78 Å². The fraction of sp³-hybridized carbons (Fsp3) is 0.333. The van der Waals surface area contributed by atoms with E-state index >= 15 is 0 Å². The lowest BCUT2D eigenvalue weighted by atomic mass is 10.0. The van der Waals surface area contributed by atoms with Gasteiger partial charge in [0.05, 0.1) is 23.5 Å². The van der Waals surface area contributed by atoms with Crippen LogP contribution in [0.15, 0.2) is 36.0 Å². The van der Waals surface area contributed by atoms with Gasteiger partial charge in [0.15, 0.2) is 0 Å². The molecule has 2 aromatic heterocycles. The second kappa shape index (κ2) is 6.52. The number of hydrogen-bond donors (Lipinski definition) is 2. The van der Waals surface area contributed by atoms with Gasteiger partial charge in [0.1, 0.15) is 0 Å². The van der Waals surface area contributed by atoms with Crippen molar-refractivity contribution >= 4 is 22.9 Å². The predicted molar refractivity (Wildman–Crippen MR) is 83.1 cm³/mol. The van der Waals surface area contributed by atoms with E-state index in [2.05, 4.69) is 35.5 Å². The number of anilines is 1. The quantitative estimate of drug-likeness (QED) is 0.888. The van der Waals surface area contributed by atoms with Crippen LogP contribution in [0.4, 0.5) is 5.69 Å². The summed E-state index contributed by atoms with van der Waals surface area (Å²) in [5, 5.41) is 8.14. The van der Waals surface area contributed by atoms with Crippen molar-refractivity contribution in [2.24, 2.45) is 5.92 Å². The van der Waals surface area contributed by atoms with Crippen LogP contribution < -0.4 is 10.6 Å². The van der Waals surface area contributed by atoms with E-state index in [1.807, 2.05) is 11.4 Å². The molecule has 1 amide bonds. The lowest BCUT2D eigenvalue weighted by Gasteiger charge is -2.22. The maximum atomic E-state index is 12.5. The molecule has 2 heterocycles. The highest BCUT2D eigenvalue weighted by Crippen LogP contribution is 2.26.